The van der Waals surface area contributed by atoms with Gasteiger partial charge in [-0.3, -0.25) is 0 Å². The van der Waals surface area contributed by atoms with Crippen molar-refractivity contribution >= 4 is 39.1 Å². The number of anilines is 1. The van der Waals surface area contributed by atoms with Gasteiger partial charge in [0.25, 0.3) is 0 Å². The van der Waals surface area contributed by atoms with Crippen LogP contribution in [0.5, 0.6) is 5.75 Å². The number of rotatable bonds is 5. The summed E-state index contributed by atoms with van der Waals surface area (Å²) in [5, 5.41) is 4.14. The Kier molecular flexibility index (Phi) is 4.61. The molecule has 0 aliphatic carbocycles. The van der Waals surface area contributed by atoms with Crippen molar-refractivity contribution in [1.82, 2.24) is 4.98 Å². The number of thiazole rings is 1. The summed E-state index contributed by atoms with van der Waals surface area (Å²) in [6.45, 7) is 3.53. The molecular formula is C12H13IN2OS. The van der Waals surface area contributed by atoms with Gasteiger partial charge in [-0.2, -0.15) is 0 Å². The number of nitrogens with one attached hydrogen (secondary N) is 1. The molecule has 0 atom stereocenters. The third-order valence-electron chi connectivity index (χ3n) is 2.06. The van der Waals surface area contributed by atoms with Gasteiger partial charge in [-0.05, 0) is 47.7 Å². The highest BCUT2D eigenvalue weighted by Crippen LogP contribution is 2.21. The molecular weight excluding hydrogens is 347 g/mol. The number of hydrogen-bond acceptors (Lipinski definition) is 4. The number of benzene rings is 1. The number of halogens is 1. The third kappa shape index (κ3) is 3.85. The number of aromatic nitrogens is 1. The fourth-order valence-electron chi connectivity index (χ4n) is 1.32. The second-order valence-corrected chi connectivity index (χ2v) is 5.77. The SMILES string of the molecule is CCNc1ncc(COc2cccc(I)c2)s1. The summed E-state index contributed by atoms with van der Waals surface area (Å²) in [5.74, 6) is 0.898. The summed E-state index contributed by atoms with van der Waals surface area (Å²) in [6, 6.07) is 8.03. The normalized spacial score (nSPS) is 10.2. The maximum Gasteiger partial charge on any atom is 0.182 e. The summed E-state index contributed by atoms with van der Waals surface area (Å²) >= 11 is 3.91. The molecule has 0 saturated carbocycles. The zero-order valence-electron chi connectivity index (χ0n) is 9.44. The molecule has 0 saturated heterocycles. The van der Waals surface area contributed by atoms with E-state index in [1.165, 1.54) is 3.57 Å². The molecule has 0 aliphatic heterocycles. The molecule has 2 rings (SSSR count). The molecule has 0 aliphatic rings. The first-order valence-corrected chi connectivity index (χ1v) is 7.24. The molecule has 90 valence electrons. The molecule has 1 heterocycles. The van der Waals surface area contributed by atoms with Crippen molar-refractivity contribution in [3.8, 4) is 5.75 Å². The number of nitrogens with zero attached hydrogens (tertiary/aromatic N) is 1. The Bertz CT molecular complexity index is 487. The summed E-state index contributed by atoms with van der Waals surface area (Å²) in [7, 11) is 0. The predicted octanol–water partition coefficient (Wildman–Crippen LogP) is 3.76. The van der Waals surface area contributed by atoms with Crippen molar-refractivity contribution in [2.45, 2.75) is 13.5 Å². The first-order valence-electron chi connectivity index (χ1n) is 5.35. The van der Waals surface area contributed by atoms with Gasteiger partial charge in [-0.1, -0.05) is 17.4 Å². The summed E-state index contributed by atoms with van der Waals surface area (Å²) in [5.41, 5.74) is 0. The summed E-state index contributed by atoms with van der Waals surface area (Å²) < 4.78 is 6.88. The molecule has 0 bridgehead atoms. The van der Waals surface area contributed by atoms with E-state index in [0.29, 0.717) is 6.61 Å². The van der Waals surface area contributed by atoms with Crippen molar-refractivity contribution in [3.05, 3.63) is 38.9 Å². The molecule has 2 aromatic rings. The quantitative estimate of drug-likeness (QED) is 0.825. The summed E-state index contributed by atoms with van der Waals surface area (Å²) in [6.07, 6.45) is 1.86. The first kappa shape index (κ1) is 12.6. The highest BCUT2D eigenvalue weighted by molar-refractivity contribution is 14.1. The van der Waals surface area contributed by atoms with E-state index in [0.717, 1.165) is 22.3 Å². The maximum atomic E-state index is 5.70. The van der Waals surface area contributed by atoms with Crippen molar-refractivity contribution in [2.24, 2.45) is 0 Å². The Hall–Kier alpha value is -0.820. The van der Waals surface area contributed by atoms with Crippen molar-refractivity contribution < 1.29 is 4.74 Å². The van der Waals surface area contributed by atoms with Crippen LogP contribution in [0, 0.1) is 3.57 Å². The molecule has 3 nitrogen and oxygen atoms in total. The van der Waals surface area contributed by atoms with E-state index in [2.05, 4.69) is 39.8 Å². The fourth-order valence-corrected chi connectivity index (χ4v) is 2.63. The lowest BCUT2D eigenvalue weighted by atomic mass is 10.3. The zero-order valence-corrected chi connectivity index (χ0v) is 12.4. The maximum absolute atomic E-state index is 5.70. The van der Waals surface area contributed by atoms with Crippen LogP contribution in [0.3, 0.4) is 0 Å². The van der Waals surface area contributed by atoms with Crippen LogP contribution in [-0.2, 0) is 6.61 Å². The second-order valence-electron chi connectivity index (χ2n) is 3.41. The number of ether oxygens (including phenoxy) is 1. The van der Waals surface area contributed by atoms with Crippen LogP contribution in [0.1, 0.15) is 11.8 Å². The van der Waals surface area contributed by atoms with Crippen LogP contribution < -0.4 is 10.1 Å². The molecule has 1 aromatic carbocycles. The Balaban J connectivity index is 1.93. The molecule has 0 spiro atoms. The Morgan fingerprint density at radius 2 is 2.35 bits per heavy atom. The van der Waals surface area contributed by atoms with E-state index < -0.39 is 0 Å². The zero-order chi connectivity index (χ0) is 12.1. The fraction of sp³-hybridized carbons (Fsp3) is 0.250. The average molecular weight is 360 g/mol. The van der Waals surface area contributed by atoms with Gasteiger partial charge >= 0.3 is 0 Å². The lowest BCUT2D eigenvalue weighted by Crippen LogP contribution is -1.94. The lowest BCUT2D eigenvalue weighted by molar-refractivity contribution is 0.309. The lowest BCUT2D eigenvalue weighted by Gasteiger charge is -2.04. The third-order valence-corrected chi connectivity index (χ3v) is 3.66. The molecule has 17 heavy (non-hydrogen) atoms. The van der Waals surface area contributed by atoms with E-state index in [4.69, 9.17) is 4.74 Å². The van der Waals surface area contributed by atoms with E-state index in [9.17, 15) is 0 Å². The highest BCUT2D eigenvalue weighted by atomic mass is 127. The van der Waals surface area contributed by atoms with E-state index in [1.807, 2.05) is 30.5 Å². The van der Waals surface area contributed by atoms with Gasteiger partial charge in [-0.25, -0.2) is 4.98 Å². The number of hydrogen-bond donors (Lipinski definition) is 1. The first-order chi connectivity index (χ1) is 8.28. The van der Waals surface area contributed by atoms with Crippen LogP contribution in [0.15, 0.2) is 30.5 Å². The molecule has 5 heteroatoms. The van der Waals surface area contributed by atoms with Crippen LogP contribution in [0.25, 0.3) is 0 Å². The van der Waals surface area contributed by atoms with Gasteiger partial charge in [0.2, 0.25) is 0 Å². The van der Waals surface area contributed by atoms with Gasteiger partial charge in [0.15, 0.2) is 5.13 Å². The van der Waals surface area contributed by atoms with Crippen molar-refractivity contribution in [3.63, 3.8) is 0 Å². The van der Waals surface area contributed by atoms with Crippen LogP contribution in [-0.4, -0.2) is 11.5 Å². The Morgan fingerprint density at radius 3 is 3.12 bits per heavy atom. The minimum absolute atomic E-state index is 0.573. The molecule has 0 amide bonds. The predicted molar refractivity (Wildman–Crippen MR) is 79.8 cm³/mol. The van der Waals surface area contributed by atoms with Gasteiger partial charge in [-0.15, -0.1) is 0 Å². The van der Waals surface area contributed by atoms with E-state index in [1.54, 1.807) is 11.3 Å². The highest BCUT2D eigenvalue weighted by Gasteiger charge is 2.02. The summed E-state index contributed by atoms with van der Waals surface area (Å²) in [4.78, 5) is 5.39. The van der Waals surface area contributed by atoms with Crippen molar-refractivity contribution in [2.75, 3.05) is 11.9 Å². The van der Waals surface area contributed by atoms with E-state index >= 15 is 0 Å². The molecule has 0 radical (unpaired) electrons. The van der Waals surface area contributed by atoms with Gasteiger partial charge in [0, 0.05) is 16.3 Å². The van der Waals surface area contributed by atoms with Crippen LogP contribution in [0.4, 0.5) is 5.13 Å². The molecule has 1 N–H and O–H groups in total. The monoisotopic (exact) mass is 360 g/mol. The minimum atomic E-state index is 0.573. The average Bonchev–Trinajstić information content (AvgIpc) is 2.75. The van der Waals surface area contributed by atoms with E-state index in [-0.39, 0.29) is 0 Å². The van der Waals surface area contributed by atoms with Gasteiger partial charge in [0.1, 0.15) is 12.4 Å². The van der Waals surface area contributed by atoms with Gasteiger partial charge < -0.3 is 10.1 Å². The minimum Gasteiger partial charge on any atom is -0.488 e. The largest absolute Gasteiger partial charge is 0.488 e. The molecule has 1 aromatic heterocycles. The standard InChI is InChI=1S/C12H13IN2OS/c1-2-14-12-15-7-11(17-12)8-16-10-5-3-4-9(13)6-10/h3-7H,2,8H2,1H3,(H,14,15). The van der Waals surface area contributed by atoms with Crippen LogP contribution >= 0.6 is 33.9 Å². The topological polar surface area (TPSA) is 34.2 Å². The van der Waals surface area contributed by atoms with Crippen molar-refractivity contribution in [1.29, 1.82) is 0 Å². The smallest absolute Gasteiger partial charge is 0.182 e. The second kappa shape index (κ2) is 6.20. The Morgan fingerprint density at radius 1 is 1.47 bits per heavy atom. The molecule has 0 unspecified atom stereocenters. The molecule has 0 fully saturated rings. The van der Waals surface area contributed by atoms with Gasteiger partial charge in [0.05, 0.1) is 4.88 Å². The van der Waals surface area contributed by atoms with Crippen LogP contribution in [0.2, 0.25) is 0 Å². The Labute approximate surface area is 118 Å².